The molecule has 3 aliphatic heterocycles. The van der Waals surface area contributed by atoms with E-state index >= 15 is 4.39 Å². The molecule has 38 heavy (non-hydrogen) atoms. The molecule has 0 bridgehead atoms. The van der Waals surface area contributed by atoms with Gasteiger partial charge in [0.05, 0.1) is 29.3 Å². The molecule has 3 aromatic carbocycles. The molecule has 1 amide bonds. The van der Waals surface area contributed by atoms with Gasteiger partial charge in [-0.05, 0) is 35.9 Å². The van der Waals surface area contributed by atoms with Gasteiger partial charge >= 0.3 is 5.97 Å². The molecule has 0 aliphatic carbocycles. The summed E-state index contributed by atoms with van der Waals surface area (Å²) in [6.07, 6.45) is 0.565. The summed E-state index contributed by atoms with van der Waals surface area (Å²) >= 11 is 12.5. The number of hydrogen-bond acceptors (Lipinski definition) is 5. The lowest BCUT2D eigenvalue weighted by Gasteiger charge is -2.33. The number of rotatable bonds is 2. The van der Waals surface area contributed by atoms with Crippen molar-refractivity contribution in [1.29, 1.82) is 0 Å². The van der Waals surface area contributed by atoms with Gasteiger partial charge in [0.1, 0.15) is 11.4 Å². The zero-order chi connectivity index (χ0) is 25.6. The molecule has 4 heterocycles. The minimum absolute atomic E-state index is 0. The molecule has 0 radical (unpaired) electrons. The highest BCUT2D eigenvalue weighted by atomic mass is 35.5. The standard InChI is InChI=1S/C27H19Cl2FN4O3.CH4/c1-37-25(35)12-5-7-14-18(9-12)33-34-21(14)11-20-24(34)22(15-3-2-4-17(29)23(15)30)27(32-20)16-8-6-13(28)10-19(16)31-26(27)36;/h2-10,20,22,24,32H,11H2,1H3,(H,31,36);1H4/t20-,22-,24+,27+;/m0./s1. The van der Waals surface area contributed by atoms with Crippen molar-refractivity contribution in [3.05, 3.63) is 92.8 Å². The molecule has 1 spiro atoms. The first-order valence-corrected chi connectivity index (χ1v) is 12.5. The highest BCUT2D eigenvalue weighted by Gasteiger charge is 2.65. The van der Waals surface area contributed by atoms with E-state index in [0.717, 1.165) is 11.1 Å². The van der Waals surface area contributed by atoms with E-state index in [4.69, 9.17) is 33.0 Å². The van der Waals surface area contributed by atoms with Gasteiger partial charge in [-0.2, -0.15) is 5.10 Å². The number of amides is 1. The Balaban J connectivity index is 0.00000264. The van der Waals surface area contributed by atoms with Crippen LogP contribution in [-0.2, 0) is 21.5 Å². The third-order valence-corrected chi connectivity index (χ3v) is 8.41. The van der Waals surface area contributed by atoms with E-state index < -0.39 is 29.3 Å². The summed E-state index contributed by atoms with van der Waals surface area (Å²) in [5.41, 5.74) is 2.33. The lowest BCUT2D eigenvalue weighted by atomic mass is 9.74. The van der Waals surface area contributed by atoms with Gasteiger partial charge in [0.2, 0.25) is 5.91 Å². The molecule has 1 saturated heterocycles. The number of esters is 1. The van der Waals surface area contributed by atoms with E-state index in [1.807, 2.05) is 16.8 Å². The summed E-state index contributed by atoms with van der Waals surface area (Å²) < 4.78 is 22.4. The molecule has 0 unspecified atom stereocenters. The highest BCUT2D eigenvalue weighted by molar-refractivity contribution is 6.31. The van der Waals surface area contributed by atoms with Crippen molar-refractivity contribution in [2.75, 3.05) is 12.4 Å². The van der Waals surface area contributed by atoms with Gasteiger partial charge in [0, 0.05) is 45.7 Å². The fraction of sp³-hybridized carbons (Fsp3) is 0.250. The first-order chi connectivity index (χ1) is 17.8. The molecule has 4 aromatic rings. The van der Waals surface area contributed by atoms with Gasteiger partial charge in [0.15, 0.2) is 0 Å². The van der Waals surface area contributed by atoms with Crippen molar-refractivity contribution in [3.8, 4) is 0 Å². The van der Waals surface area contributed by atoms with E-state index in [-0.39, 0.29) is 24.4 Å². The molecule has 2 N–H and O–H groups in total. The number of ether oxygens (including phenoxy) is 1. The zero-order valence-electron chi connectivity index (χ0n) is 19.4. The highest BCUT2D eigenvalue weighted by Crippen LogP contribution is 2.59. The van der Waals surface area contributed by atoms with Crippen molar-refractivity contribution in [2.24, 2.45) is 0 Å². The van der Waals surface area contributed by atoms with Crippen LogP contribution in [0.1, 0.15) is 46.6 Å². The van der Waals surface area contributed by atoms with Gasteiger partial charge < -0.3 is 10.1 Å². The Kier molecular flexibility index (Phi) is 5.58. The van der Waals surface area contributed by atoms with E-state index in [0.29, 0.717) is 39.3 Å². The smallest absolute Gasteiger partial charge is 0.337 e. The van der Waals surface area contributed by atoms with Crippen LogP contribution >= 0.6 is 23.2 Å². The largest absolute Gasteiger partial charge is 0.465 e. The molecule has 0 saturated carbocycles. The Hall–Kier alpha value is -3.46. The molecule has 1 fully saturated rings. The summed E-state index contributed by atoms with van der Waals surface area (Å²) in [6.45, 7) is 0. The second-order valence-electron chi connectivity index (χ2n) is 9.63. The minimum Gasteiger partial charge on any atom is -0.465 e. The van der Waals surface area contributed by atoms with Gasteiger partial charge in [-0.1, -0.05) is 54.9 Å². The predicted molar refractivity (Wildman–Crippen MR) is 143 cm³/mol. The van der Waals surface area contributed by atoms with Crippen molar-refractivity contribution < 1.29 is 18.7 Å². The van der Waals surface area contributed by atoms with E-state index in [2.05, 4.69) is 10.6 Å². The van der Waals surface area contributed by atoms with Crippen LogP contribution in [0.2, 0.25) is 10.0 Å². The number of fused-ring (bicyclic) bond motifs is 7. The summed E-state index contributed by atoms with van der Waals surface area (Å²) in [7, 11) is 1.33. The number of nitrogens with zero attached hydrogens (tertiary/aromatic N) is 2. The molecule has 10 heteroatoms. The summed E-state index contributed by atoms with van der Waals surface area (Å²) in [6, 6.07) is 14.7. The monoisotopic (exact) mass is 552 g/mol. The first-order valence-electron chi connectivity index (χ1n) is 11.8. The van der Waals surface area contributed by atoms with Crippen LogP contribution in [0, 0.1) is 5.82 Å². The molecular formula is C28H23Cl2FN4O3. The van der Waals surface area contributed by atoms with Gasteiger partial charge in [0.25, 0.3) is 0 Å². The van der Waals surface area contributed by atoms with E-state index in [9.17, 15) is 9.59 Å². The number of halogens is 3. The Bertz CT molecular complexity index is 1670. The predicted octanol–water partition coefficient (Wildman–Crippen LogP) is 5.61. The van der Waals surface area contributed by atoms with Crippen LogP contribution in [0.4, 0.5) is 10.1 Å². The van der Waals surface area contributed by atoms with Gasteiger partial charge in [-0.25, -0.2) is 9.18 Å². The van der Waals surface area contributed by atoms with Crippen LogP contribution < -0.4 is 10.6 Å². The molecule has 7 rings (SSSR count). The summed E-state index contributed by atoms with van der Waals surface area (Å²) in [5, 5.41) is 12.8. The number of carbonyl (C=O) groups is 2. The van der Waals surface area contributed by atoms with Crippen molar-refractivity contribution >= 4 is 51.7 Å². The zero-order valence-corrected chi connectivity index (χ0v) is 20.9. The summed E-state index contributed by atoms with van der Waals surface area (Å²) in [4.78, 5) is 25.9. The van der Waals surface area contributed by atoms with Crippen molar-refractivity contribution in [1.82, 2.24) is 15.1 Å². The first kappa shape index (κ1) is 24.9. The maximum atomic E-state index is 15.7. The molecule has 4 atom stereocenters. The second-order valence-corrected chi connectivity index (χ2v) is 10.5. The number of benzene rings is 3. The molecule has 3 aliphatic rings. The summed E-state index contributed by atoms with van der Waals surface area (Å²) in [5.74, 6) is -1.97. The Morgan fingerprint density at radius 1 is 1.18 bits per heavy atom. The average Bonchev–Trinajstić information content (AvgIpc) is 3.58. The van der Waals surface area contributed by atoms with Crippen molar-refractivity contribution in [3.63, 3.8) is 0 Å². The Morgan fingerprint density at radius 2 is 2.00 bits per heavy atom. The van der Waals surface area contributed by atoms with Crippen molar-refractivity contribution in [2.45, 2.75) is 37.4 Å². The number of nitrogens with one attached hydrogen (secondary N) is 2. The Labute approximate surface area is 227 Å². The third-order valence-electron chi connectivity index (χ3n) is 7.88. The number of methoxy groups -OCH3 is 1. The average molecular weight is 553 g/mol. The quantitative estimate of drug-likeness (QED) is 0.316. The van der Waals surface area contributed by atoms with Crippen LogP contribution in [-0.4, -0.2) is 34.8 Å². The third kappa shape index (κ3) is 3.14. The maximum absolute atomic E-state index is 15.7. The SMILES string of the molecule is C.COC(=O)c1ccc2c3n(nc2c1)[C@@H]1[C@H](C3)N[C@@]2(C(=O)Nc3cc(Cl)ccc32)[C@H]1c1cccc(Cl)c1F. The lowest BCUT2D eigenvalue weighted by molar-refractivity contribution is -0.122. The topological polar surface area (TPSA) is 85.2 Å². The number of hydrogen-bond donors (Lipinski definition) is 2. The number of aromatic nitrogens is 2. The van der Waals surface area contributed by atoms with Crippen LogP contribution in [0.25, 0.3) is 10.9 Å². The molecular weight excluding hydrogens is 530 g/mol. The fourth-order valence-corrected chi connectivity index (χ4v) is 6.79. The van der Waals surface area contributed by atoms with Crippen LogP contribution in [0.5, 0.6) is 0 Å². The maximum Gasteiger partial charge on any atom is 0.337 e. The number of carbonyl (C=O) groups excluding carboxylic acids is 2. The van der Waals surface area contributed by atoms with E-state index in [1.165, 1.54) is 13.2 Å². The Morgan fingerprint density at radius 3 is 2.79 bits per heavy atom. The van der Waals surface area contributed by atoms with Gasteiger partial charge in [-0.3, -0.25) is 14.8 Å². The second kappa shape index (κ2) is 8.53. The number of anilines is 1. The van der Waals surface area contributed by atoms with Crippen LogP contribution in [0.15, 0.2) is 54.6 Å². The molecule has 7 nitrogen and oxygen atoms in total. The van der Waals surface area contributed by atoms with E-state index in [1.54, 1.807) is 36.4 Å². The fourth-order valence-electron chi connectivity index (χ4n) is 6.44. The lowest BCUT2D eigenvalue weighted by Crippen LogP contribution is -2.49. The van der Waals surface area contributed by atoms with Gasteiger partial charge in [-0.15, -0.1) is 0 Å². The minimum atomic E-state index is -1.26. The molecule has 194 valence electrons. The molecule has 1 aromatic heterocycles. The van der Waals surface area contributed by atoms with Crippen LogP contribution in [0.3, 0.4) is 0 Å². The normalized spacial score (nSPS) is 24.6.